The molecule has 0 aliphatic carbocycles. The minimum absolute atomic E-state index is 0.350. The SMILES string of the molecule is CNC(=O)NC(=O)[C@H](Sc1nnc2c(Cl)cc(Cl)cn12)c1ccccc1. The molecule has 0 spiro atoms. The van der Waals surface area contributed by atoms with Gasteiger partial charge in [-0.15, -0.1) is 10.2 Å². The van der Waals surface area contributed by atoms with Crippen LogP contribution in [0.2, 0.25) is 10.0 Å². The van der Waals surface area contributed by atoms with Gasteiger partial charge in [0.25, 0.3) is 0 Å². The summed E-state index contributed by atoms with van der Waals surface area (Å²) in [6.45, 7) is 0. The predicted octanol–water partition coefficient (Wildman–Crippen LogP) is 3.33. The maximum absolute atomic E-state index is 12.6. The Balaban J connectivity index is 1.98. The highest BCUT2D eigenvalue weighted by Crippen LogP contribution is 2.35. The summed E-state index contributed by atoms with van der Waals surface area (Å²) in [6, 6.07) is 10.0. The number of pyridine rings is 1. The van der Waals surface area contributed by atoms with Gasteiger partial charge in [-0.25, -0.2) is 4.79 Å². The maximum atomic E-state index is 12.6. The molecule has 3 amide bonds. The summed E-state index contributed by atoms with van der Waals surface area (Å²) in [5.41, 5.74) is 1.14. The molecule has 1 atom stereocenters. The third-order valence-corrected chi connectivity index (χ3v) is 5.12. The van der Waals surface area contributed by atoms with Crippen molar-refractivity contribution in [3.63, 3.8) is 0 Å². The number of imide groups is 1. The van der Waals surface area contributed by atoms with Crippen LogP contribution in [-0.2, 0) is 4.79 Å². The number of hydrogen-bond acceptors (Lipinski definition) is 5. The van der Waals surface area contributed by atoms with Gasteiger partial charge in [-0.2, -0.15) is 0 Å². The normalized spacial score (nSPS) is 12.0. The Morgan fingerprint density at radius 2 is 1.92 bits per heavy atom. The van der Waals surface area contributed by atoms with Gasteiger partial charge in [0.1, 0.15) is 5.25 Å². The number of aromatic nitrogens is 3. The molecule has 0 fully saturated rings. The first-order valence-corrected chi connectivity index (χ1v) is 9.07. The van der Waals surface area contributed by atoms with E-state index in [2.05, 4.69) is 20.8 Å². The Morgan fingerprint density at radius 1 is 1.19 bits per heavy atom. The summed E-state index contributed by atoms with van der Waals surface area (Å²) in [5, 5.41) is 13.2. The van der Waals surface area contributed by atoms with Crippen LogP contribution < -0.4 is 10.6 Å². The van der Waals surface area contributed by atoms with E-state index in [0.29, 0.717) is 26.4 Å². The molecule has 2 aromatic heterocycles. The van der Waals surface area contributed by atoms with E-state index in [1.165, 1.54) is 7.05 Å². The zero-order chi connectivity index (χ0) is 18.7. The van der Waals surface area contributed by atoms with Gasteiger partial charge < -0.3 is 5.32 Å². The van der Waals surface area contributed by atoms with Crippen molar-refractivity contribution in [3.05, 3.63) is 58.2 Å². The fourth-order valence-electron chi connectivity index (χ4n) is 2.23. The smallest absolute Gasteiger partial charge is 0.321 e. The van der Waals surface area contributed by atoms with Gasteiger partial charge in [0.2, 0.25) is 5.91 Å². The Morgan fingerprint density at radius 3 is 2.62 bits per heavy atom. The number of benzene rings is 1. The van der Waals surface area contributed by atoms with Crippen LogP contribution in [0.3, 0.4) is 0 Å². The van der Waals surface area contributed by atoms with Crippen molar-refractivity contribution in [2.24, 2.45) is 0 Å². The quantitative estimate of drug-likeness (QED) is 0.645. The highest BCUT2D eigenvalue weighted by Gasteiger charge is 2.26. The van der Waals surface area contributed by atoms with E-state index in [4.69, 9.17) is 23.2 Å². The highest BCUT2D eigenvalue weighted by atomic mass is 35.5. The standard InChI is InChI=1S/C16H13Cl2N5O2S/c1-19-15(25)20-14(24)12(9-5-3-2-4-6-9)26-16-22-21-13-11(18)7-10(17)8-23(13)16/h2-8,12H,1H3,(H2,19,20,24,25)/t12-/m1/s1. The van der Waals surface area contributed by atoms with Crippen molar-refractivity contribution in [1.82, 2.24) is 25.2 Å². The first-order chi connectivity index (χ1) is 12.5. The molecule has 0 saturated heterocycles. The number of fused-ring (bicyclic) bond motifs is 1. The minimum Gasteiger partial charge on any atom is -0.341 e. The van der Waals surface area contributed by atoms with Gasteiger partial charge in [0.05, 0.1) is 10.0 Å². The number of halogens is 2. The molecule has 2 N–H and O–H groups in total. The van der Waals surface area contributed by atoms with Crippen LogP contribution in [0.4, 0.5) is 4.79 Å². The van der Waals surface area contributed by atoms with Gasteiger partial charge in [0.15, 0.2) is 10.8 Å². The average Bonchev–Trinajstić information content (AvgIpc) is 3.03. The largest absolute Gasteiger partial charge is 0.341 e. The van der Waals surface area contributed by atoms with Crippen LogP contribution in [0.1, 0.15) is 10.8 Å². The van der Waals surface area contributed by atoms with E-state index < -0.39 is 17.2 Å². The number of nitrogens with zero attached hydrogens (tertiary/aromatic N) is 3. The minimum atomic E-state index is -0.723. The second-order valence-electron chi connectivity index (χ2n) is 5.16. The molecule has 0 unspecified atom stereocenters. The van der Waals surface area contributed by atoms with Gasteiger partial charge in [-0.05, 0) is 11.6 Å². The van der Waals surface area contributed by atoms with Crippen LogP contribution in [0, 0.1) is 0 Å². The number of nitrogens with one attached hydrogen (secondary N) is 2. The summed E-state index contributed by atoms with van der Waals surface area (Å²) in [4.78, 5) is 24.1. The fraction of sp³-hybridized carbons (Fsp3) is 0.125. The Kier molecular flexibility index (Phi) is 5.65. The van der Waals surface area contributed by atoms with E-state index >= 15 is 0 Å². The molecular formula is C16H13Cl2N5O2S. The van der Waals surface area contributed by atoms with E-state index in [0.717, 1.165) is 11.8 Å². The predicted molar refractivity (Wildman–Crippen MR) is 101 cm³/mol. The molecule has 3 rings (SSSR count). The first-order valence-electron chi connectivity index (χ1n) is 7.43. The molecule has 10 heteroatoms. The highest BCUT2D eigenvalue weighted by molar-refractivity contribution is 8.00. The molecule has 7 nitrogen and oxygen atoms in total. The number of hydrogen-bond donors (Lipinski definition) is 2. The van der Waals surface area contributed by atoms with E-state index in [9.17, 15) is 9.59 Å². The van der Waals surface area contributed by atoms with E-state index in [-0.39, 0.29) is 0 Å². The summed E-state index contributed by atoms with van der Waals surface area (Å²) in [7, 11) is 1.43. The van der Waals surface area contributed by atoms with Gasteiger partial charge in [-0.1, -0.05) is 65.3 Å². The first kappa shape index (κ1) is 18.5. The zero-order valence-electron chi connectivity index (χ0n) is 13.4. The lowest BCUT2D eigenvalue weighted by molar-refractivity contribution is -0.119. The molecule has 3 aromatic rings. The molecule has 2 heterocycles. The molecule has 26 heavy (non-hydrogen) atoms. The van der Waals surface area contributed by atoms with Crippen molar-refractivity contribution in [2.45, 2.75) is 10.4 Å². The molecule has 0 radical (unpaired) electrons. The summed E-state index contributed by atoms with van der Waals surface area (Å²) >= 11 is 13.3. The molecule has 0 saturated carbocycles. The molecule has 1 aromatic carbocycles. The van der Waals surface area contributed by atoms with Crippen LogP contribution in [0.15, 0.2) is 47.8 Å². The summed E-state index contributed by atoms with van der Waals surface area (Å²) in [6.07, 6.45) is 1.61. The molecule has 0 bridgehead atoms. The molecule has 0 aliphatic heterocycles. The zero-order valence-corrected chi connectivity index (χ0v) is 15.8. The average molecular weight is 410 g/mol. The van der Waals surface area contributed by atoms with E-state index in [1.807, 2.05) is 18.2 Å². The summed E-state index contributed by atoms with van der Waals surface area (Å²) in [5.74, 6) is -0.481. The third kappa shape index (κ3) is 3.92. The van der Waals surface area contributed by atoms with Crippen LogP contribution >= 0.6 is 35.0 Å². The van der Waals surface area contributed by atoms with Gasteiger partial charge >= 0.3 is 6.03 Å². The topological polar surface area (TPSA) is 88.4 Å². The number of amides is 3. The molecule has 134 valence electrons. The second-order valence-corrected chi connectivity index (χ2v) is 7.08. The van der Waals surface area contributed by atoms with Crippen LogP contribution in [0.5, 0.6) is 0 Å². The van der Waals surface area contributed by atoms with Crippen molar-refractivity contribution in [2.75, 3.05) is 7.05 Å². The van der Waals surface area contributed by atoms with Crippen molar-refractivity contribution in [3.8, 4) is 0 Å². The number of carbonyl (C=O) groups excluding carboxylic acids is 2. The van der Waals surface area contributed by atoms with Crippen molar-refractivity contribution < 1.29 is 9.59 Å². The monoisotopic (exact) mass is 409 g/mol. The lowest BCUT2D eigenvalue weighted by Gasteiger charge is -2.15. The fourth-order valence-corrected chi connectivity index (χ4v) is 3.75. The molecular weight excluding hydrogens is 397 g/mol. The number of rotatable bonds is 4. The van der Waals surface area contributed by atoms with Gasteiger partial charge in [0, 0.05) is 13.2 Å². The van der Waals surface area contributed by atoms with Crippen molar-refractivity contribution in [1.29, 1.82) is 0 Å². The number of urea groups is 1. The summed E-state index contributed by atoms with van der Waals surface area (Å²) < 4.78 is 1.61. The van der Waals surface area contributed by atoms with Crippen LogP contribution in [-0.4, -0.2) is 33.6 Å². The van der Waals surface area contributed by atoms with E-state index in [1.54, 1.807) is 28.8 Å². The van der Waals surface area contributed by atoms with Crippen molar-refractivity contribution >= 4 is 52.5 Å². The lowest BCUT2D eigenvalue weighted by atomic mass is 10.1. The Labute approximate surface area is 163 Å². The number of carbonyl (C=O) groups is 2. The number of thioether (sulfide) groups is 1. The Bertz CT molecular complexity index is 964. The van der Waals surface area contributed by atoms with Crippen LogP contribution in [0.25, 0.3) is 5.65 Å². The Hall–Kier alpha value is -2.29. The lowest BCUT2D eigenvalue weighted by Crippen LogP contribution is -2.39. The van der Waals surface area contributed by atoms with Gasteiger partial charge in [-0.3, -0.25) is 14.5 Å². The molecule has 0 aliphatic rings. The maximum Gasteiger partial charge on any atom is 0.321 e. The third-order valence-electron chi connectivity index (χ3n) is 3.42. The second kappa shape index (κ2) is 7.94.